The lowest BCUT2D eigenvalue weighted by Crippen LogP contribution is -1.92. The van der Waals surface area contributed by atoms with Crippen LogP contribution in [0, 0.1) is 23.7 Å². The van der Waals surface area contributed by atoms with Crippen LogP contribution in [-0.2, 0) is 0 Å². The highest BCUT2D eigenvalue weighted by atomic mass is 14.5. The predicted molar refractivity (Wildman–Crippen MR) is 48.7 cm³/mol. The number of rotatable bonds is 2. The third-order valence-electron chi connectivity index (χ3n) is 1.18. The molecular weight excluding hydrogens is 134 g/mol. The Morgan fingerprint density at radius 2 is 1.82 bits per heavy atom. The molecule has 0 aromatic heterocycles. The first kappa shape index (κ1) is 10.1. The van der Waals surface area contributed by atoms with Crippen molar-refractivity contribution >= 4 is 0 Å². The third-order valence-corrected chi connectivity index (χ3v) is 1.18. The van der Waals surface area contributed by atoms with E-state index in [9.17, 15) is 0 Å². The second kappa shape index (κ2) is 9.08. The fraction of sp³-hybridized carbons (Fsp3) is 0.600. The van der Waals surface area contributed by atoms with Gasteiger partial charge in [-0.25, -0.2) is 0 Å². The molecule has 0 aromatic rings. The number of hydrogen-bond donors (Lipinski definition) is 1. The molecule has 0 fully saturated rings. The van der Waals surface area contributed by atoms with Gasteiger partial charge in [0.05, 0.1) is 13.0 Å². The lowest BCUT2D eigenvalue weighted by Gasteiger charge is -1.82. The molecule has 1 heteroatoms. The maximum Gasteiger partial charge on any atom is 0.0703 e. The van der Waals surface area contributed by atoms with E-state index < -0.39 is 0 Å². The summed E-state index contributed by atoms with van der Waals surface area (Å²) >= 11 is 0. The summed E-state index contributed by atoms with van der Waals surface area (Å²) in [5.41, 5.74) is 5.17. The molecule has 0 unspecified atom stereocenters. The molecular formula is C10H15N. The van der Waals surface area contributed by atoms with E-state index in [1.807, 2.05) is 0 Å². The van der Waals surface area contributed by atoms with E-state index in [1.54, 1.807) is 0 Å². The average Bonchev–Trinajstić information content (AvgIpc) is 2.03. The van der Waals surface area contributed by atoms with E-state index in [0.29, 0.717) is 13.0 Å². The first-order chi connectivity index (χ1) is 5.41. The van der Waals surface area contributed by atoms with Crippen molar-refractivity contribution in [1.82, 2.24) is 0 Å². The second-order valence-electron chi connectivity index (χ2n) is 2.19. The standard InChI is InChI=1S/C10H15N/c1-2-3-4-5-6-7-8-9-10-11/h2-4,7,10-11H2,1H3. The molecule has 0 rings (SSSR count). The fourth-order valence-corrected chi connectivity index (χ4v) is 0.595. The molecule has 11 heavy (non-hydrogen) atoms. The molecule has 0 bridgehead atoms. The van der Waals surface area contributed by atoms with E-state index in [1.165, 1.54) is 12.8 Å². The van der Waals surface area contributed by atoms with Crippen LogP contribution in [0.1, 0.15) is 32.6 Å². The highest BCUT2D eigenvalue weighted by Crippen LogP contribution is 1.90. The zero-order chi connectivity index (χ0) is 8.36. The summed E-state index contributed by atoms with van der Waals surface area (Å²) in [6.45, 7) is 2.60. The highest BCUT2D eigenvalue weighted by molar-refractivity contribution is 5.11. The van der Waals surface area contributed by atoms with Crippen LogP contribution in [0.4, 0.5) is 0 Å². The molecule has 0 saturated heterocycles. The summed E-state index contributed by atoms with van der Waals surface area (Å²) < 4.78 is 0. The van der Waals surface area contributed by atoms with Crippen LogP contribution in [-0.4, -0.2) is 6.54 Å². The predicted octanol–water partition coefficient (Wildman–Crippen LogP) is 1.53. The number of unbranched alkanes of at least 4 members (excludes halogenated alkanes) is 2. The van der Waals surface area contributed by atoms with Crippen molar-refractivity contribution in [3.8, 4) is 23.7 Å². The van der Waals surface area contributed by atoms with Crippen LogP contribution in [0.5, 0.6) is 0 Å². The molecule has 60 valence electrons. The molecule has 0 radical (unpaired) electrons. The van der Waals surface area contributed by atoms with Crippen LogP contribution < -0.4 is 5.73 Å². The zero-order valence-corrected chi connectivity index (χ0v) is 7.11. The molecule has 0 heterocycles. The molecule has 0 aromatic carbocycles. The summed E-state index contributed by atoms with van der Waals surface area (Å²) in [4.78, 5) is 0. The molecule has 1 nitrogen and oxygen atoms in total. The molecule has 0 amide bonds. The summed E-state index contributed by atoms with van der Waals surface area (Å²) in [7, 11) is 0. The molecule has 0 aliphatic rings. The van der Waals surface area contributed by atoms with Crippen molar-refractivity contribution in [3.63, 3.8) is 0 Å². The van der Waals surface area contributed by atoms with E-state index in [2.05, 4.69) is 30.6 Å². The lowest BCUT2D eigenvalue weighted by molar-refractivity contribution is 0.828. The maximum atomic E-state index is 5.17. The smallest absolute Gasteiger partial charge is 0.0703 e. The van der Waals surface area contributed by atoms with Crippen molar-refractivity contribution in [2.75, 3.05) is 6.54 Å². The van der Waals surface area contributed by atoms with Crippen LogP contribution >= 0.6 is 0 Å². The van der Waals surface area contributed by atoms with Crippen LogP contribution in [0.25, 0.3) is 0 Å². The normalized spacial score (nSPS) is 7.45. The van der Waals surface area contributed by atoms with Crippen molar-refractivity contribution < 1.29 is 0 Å². The van der Waals surface area contributed by atoms with Crippen LogP contribution in [0.3, 0.4) is 0 Å². The van der Waals surface area contributed by atoms with Crippen LogP contribution in [0.2, 0.25) is 0 Å². The minimum atomic E-state index is 0.441. The van der Waals surface area contributed by atoms with E-state index in [0.717, 1.165) is 6.42 Å². The Balaban J connectivity index is 3.25. The van der Waals surface area contributed by atoms with Gasteiger partial charge in [0.25, 0.3) is 0 Å². The molecule has 0 spiro atoms. The van der Waals surface area contributed by atoms with Gasteiger partial charge in [-0.2, -0.15) is 0 Å². The molecule has 0 aliphatic carbocycles. The molecule has 2 N–H and O–H groups in total. The van der Waals surface area contributed by atoms with Crippen molar-refractivity contribution in [2.45, 2.75) is 32.6 Å². The van der Waals surface area contributed by atoms with Gasteiger partial charge in [-0.3, -0.25) is 0 Å². The van der Waals surface area contributed by atoms with Gasteiger partial charge >= 0.3 is 0 Å². The Hall–Kier alpha value is -0.920. The van der Waals surface area contributed by atoms with Gasteiger partial charge < -0.3 is 5.73 Å². The Bertz CT molecular complexity index is 184. The molecule has 0 aliphatic heterocycles. The van der Waals surface area contributed by atoms with Crippen molar-refractivity contribution in [2.24, 2.45) is 5.73 Å². The van der Waals surface area contributed by atoms with Crippen molar-refractivity contribution in [1.29, 1.82) is 0 Å². The van der Waals surface area contributed by atoms with Gasteiger partial charge in [-0.1, -0.05) is 31.1 Å². The third kappa shape index (κ3) is 9.08. The van der Waals surface area contributed by atoms with E-state index in [-0.39, 0.29) is 0 Å². The van der Waals surface area contributed by atoms with Gasteiger partial charge in [-0.15, -0.1) is 5.92 Å². The Morgan fingerprint density at radius 3 is 2.45 bits per heavy atom. The SMILES string of the molecule is CCCCC#CCC#CCN. The lowest BCUT2D eigenvalue weighted by atomic mass is 10.2. The van der Waals surface area contributed by atoms with E-state index >= 15 is 0 Å². The Morgan fingerprint density at radius 1 is 1.09 bits per heavy atom. The topological polar surface area (TPSA) is 26.0 Å². The minimum absolute atomic E-state index is 0.441. The van der Waals surface area contributed by atoms with Gasteiger partial charge in [0.15, 0.2) is 0 Å². The fourth-order valence-electron chi connectivity index (χ4n) is 0.595. The average molecular weight is 149 g/mol. The first-order valence-corrected chi connectivity index (χ1v) is 4.03. The summed E-state index contributed by atoms with van der Waals surface area (Å²) in [6, 6.07) is 0. The number of hydrogen-bond acceptors (Lipinski definition) is 1. The van der Waals surface area contributed by atoms with Gasteiger partial charge in [0.2, 0.25) is 0 Å². The monoisotopic (exact) mass is 149 g/mol. The van der Waals surface area contributed by atoms with Crippen LogP contribution in [0.15, 0.2) is 0 Å². The Labute approximate surface area is 69.4 Å². The summed E-state index contributed by atoms with van der Waals surface area (Å²) in [6.07, 6.45) is 4.07. The quantitative estimate of drug-likeness (QED) is 0.467. The maximum absolute atomic E-state index is 5.17. The zero-order valence-electron chi connectivity index (χ0n) is 7.11. The summed E-state index contributed by atoms with van der Waals surface area (Å²) in [5.74, 6) is 11.7. The minimum Gasteiger partial charge on any atom is -0.320 e. The largest absolute Gasteiger partial charge is 0.320 e. The van der Waals surface area contributed by atoms with Gasteiger partial charge in [0.1, 0.15) is 0 Å². The summed E-state index contributed by atoms with van der Waals surface area (Å²) in [5, 5.41) is 0. The van der Waals surface area contributed by atoms with Gasteiger partial charge in [-0.05, 0) is 6.42 Å². The molecule has 0 atom stereocenters. The van der Waals surface area contributed by atoms with Gasteiger partial charge in [0, 0.05) is 6.42 Å². The highest BCUT2D eigenvalue weighted by Gasteiger charge is 1.74. The molecule has 0 saturated carbocycles. The first-order valence-electron chi connectivity index (χ1n) is 4.03. The van der Waals surface area contributed by atoms with Crippen molar-refractivity contribution in [3.05, 3.63) is 0 Å². The number of nitrogens with two attached hydrogens (primary N) is 1. The second-order valence-corrected chi connectivity index (χ2v) is 2.19. The Kier molecular flexibility index (Phi) is 8.32. The van der Waals surface area contributed by atoms with E-state index in [4.69, 9.17) is 5.73 Å².